The van der Waals surface area contributed by atoms with Crippen molar-refractivity contribution in [3.63, 3.8) is 0 Å². The number of hydrogen-bond donors (Lipinski definition) is 1. The Morgan fingerprint density at radius 3 is 2.95 bits per heavy atom. The van der Waals surface area contributed by atoms with Gasteiger partial charge in [-0.1, -0.05) is 18.2 Å². The maximum Gasteiger partial charge on any atom is 0.128 e. The Balaban J connectivity index is 2.07. The van der Waals surface area contributed by atoms with Crippen molar-refractivity contribution in [3.05, 3.63) is 41.1 Å². The average Bonchev–Trinajstić information content (AvgIpc) is 2.76. The number of rotatable bonds is 3. The van der Waals surface area contributed by atoms with Crippen LogP contribution in [0.25, 0.3) is 0 Å². The summed E-state index contributed by atoms with van der Waals surface area (Å²) in [6.45, 7) is 7.86. The monoisotopic (exact) mass is 271 g/mol. The largest absolute Gasteiger partial charge is 0.494 e. The summed E-state index contributed by atoms with van der Waals surface area (Å²) in [5, 5.41) is 8.17. The van der Waals surface area contributed by atoms with Gasteiger partial charge in [-0.05, 0) is 33.3 Å². The molecule has 0 radical (unpaired) electrons. The van der Waals surface area contributed by atoms with E-state index < -0.39 is 0 Å². The van der Waals surface area contributed by atoms with Crippen LogP contribution in [0.4, 0.5) is 5.82 Å². The minimum Gasteiger partial charge on any atom is -0.494 e. The van der Waals surface area contributed by atoms with Gasteiger partial charge < -0.3 is 10.1 Å². The number of fused-ring (bicyclic) bond motifs is 1. The molecular formula is C16H21N3O. The van der Waals surface area contributed by atoms with Crippen molar-refractivity contribution in [2.24, 2.45) is 0 Å². The lowest BCUT2D eigenvalue weighted by Crippen LogP contribution is -2.25. The summed E-state index contributed by atoms with van der Waals surface area (Å²) in [6.07, 6.45) is 1.03. The van der Waals surface area contributed by atoms with E-state index in [1.54, 1.807) is 0 Å². The number of benzene rings is 1. The summed E-state index contributed by atoms with van der Waals surface area (Å²) in [6, 6.07) is 8.54. The van der Waals surface area contributed by atoms with Crippen LogP contribution in [0.2, 0.25) is 0 Å². The van der Waals surface area contributed by atoms with Crippen molar-refractivity contribution in [1.29, 1.82) is 0 Å². The van der Waals surface area contributed by atoms with Gasteiger partial charge in [0.15, 0.2) is 0 Å². The number of para-hydroxylation sites is 1. The molecule has 0 amide bonds. The van der Waals surface area contributed by atoms with Crippen molar-refractivity contribution in [3.8, 4) is 5.75 Å². The Hall–Kier alpha value is -1.97. The molecular weight excluding hydrogens is 250 g/mol. The highest BCUT2D eigenvalue weighted by Crippen LogP contribution is 2.36. The molecule has 0 saturated carbocycles. The van der Waals surface area contributed by atoms with Gasteiger partial charge in [0.05, 0.1) is 18.3 Å². The molecule has 1 unspecified atom stereocenters. The van der Waals surface area contributed by atoms with Crippen molar-refractivity contribution in [2.45, 2.75) is 33.2 Å². The molecule has 20 heavy (non-hydrogen) atoms. The highest BCUT2D eigenvalue weighted by molar-refractivity contribution is 5.50. The molecule has 1 N–H and O–H groups in total. The molecule has 1 aliphatic heterocycles. The average molecular weight is 271 g/mol. The molecule has 0 spiro atoms. The molecule has 1 aromatic carbocycles. The number of anilines is 1. The third-order valence-corrected chi connectivity index (χ3v) is 3.97. The molecule has 0 fully saturated rings. The Kier molecular flexibility index (Phi) is 3.38. The summed E-state index contributed by atoms with van der Waals surface area (Å²) in [4.78, 5) is 0. The van der Waals surface area contributed by atoms with Crippen molar-refractivity contribution in [2.75, 3.05) is 18.5 Å². The van der Waals surface area contributed by atoms with Gasteiger partial charge in [-0.25, -0.2) is 4.68 Å². The number of ether oxygens (including phenoxy) is 1. The first kappa shape index (κ1) is 13.0. The van der Waals surface area contributed by atoms with Gasteiger partial charge in [-0.15, -0.1) is 0 Å². The summed E-state index contributed by atoms with van der Waals surface area (Å²) in [7, 11) is 0. The fraction of sp³-hybridized carbons (Fsp3) is 0.438. The first-order chi connectivity index (χ1) is 9.72. The summed E-state index contributed by atoms with van der Waals surface area (Å²) >= 11 is 0. The van der Waals surface area contributed by atoms with Crippen LogP contribution in [0.5, 0.6) is 5.75 Å². The van der Waals surface area contributed by atoms with Gasteiger partial charge in [0.1, 0.15) is 11.6 Å². The quantitative estimate of drug-likeness (QED) is 0.931. The first-order valence-corrected chi connectivity index (χ1v) is 7.23. The minimum atomic E-state index is 0.251. The molecule has 4 heteroatoms. The van der Waals surface area contributed by atoms with Crippen LogP contribution in [0.1, 0.15) is 36.2 Å². The molecule has 2 heterocycles. The standard InChI is InChI=1S/C16H21N3O/c1-4-20-15-8-6-5-7-13(15)14-9-10-17-16-11(2)12(3)18-19(14)16/h5-8,14,17H,4,9-10H2,1-3H3. The maximum absolute atomic E-state index is 5.78. The lowest BCUT2D eigenvalue weighted by atomic mass is 10.0. The number of hydrogen-bond acceptors (Lipinski definition) is 3. The van der Waals surface area contributed by atoms with Crippen molar-refractivity contribution in [1.82, 2.24) is 9.78 Å². The molecule has 2 aromatic rings. The molecule has 3 rings (SSSR count). The van der Waals surface area contributed by atoms with Gasteiger partial charge in [-0.2, -0.15) is 5.10 Å². The van der Waals surface area contributed by atoms with E-state index in [0.29, 0.717) is 6.61 Å². The Morgan fingerprint density at radius 1 is 1.35 bits per heavy atom. The molecule has 1 aromatic heterocycles. The highest BCUT2D eigenvalue weighted by atomic mass is 16.5. The van der Waals surface area contributed by atoms with Gasteiger partial charge in [0, 0.05) is 17.7 Å². The van der Waals surface area contributed by atoms with E-state index in [-0.39, 0.29) is 6.04 Å². The second-order valence-electron chi connectivity index (χ2n) is 5.21. The zero-order valence-electron chi connectivity index (χ0n) is 12.3. The predicted molar refractivity (Wildman–Crippen MR) is 80.6 cm³/mol. The number of nitrogens with one attached hydrogen (secondary N) is 1. The van der Waals surface area contributed by atoms with E-state index in [0.717, 1.165) is 30.2 Å². The molecule has 0 saturated heterocycles. The Morgan fingerprint density at radius 2 is 2.15 bits per heavy atom. The fourth-order valence-electron chi connectivity index (χ4n) is 2.85. The van der Waals surface area contributed by atoms with Gasteiger partial charge in [0.2, 0.25) is 0 Å². The van der Waals surface area contributed by atoms with Crippen LogP contribution < -0.4 is 10.1 Å². The normalized spacial score (nSPS) is 17.4. The van der Waals surface area contributed by atoms with Crippen LogP contribution in [0.15, 0.2) is 24.3 Å². The van der Waals surface area contributed by atoms with Crippen LogP contribution >= 0.6 is 0 Å². The lowest BCUT2D eigenvalue weighted by molar-refractivity contribution is 0.328. The van der Waals surface area contributed by atoms with Crippen LogP contribution in [-0.4, -0.2) is 22.9 Å². The minimum absolute atomic E-state index is 0.251. The van der Waals surface area contributed by atoms with Gasteiger partial charge >= 0.3 is 0 Å². The van der Waals surface area contributed by atoms with E-state index in [2.05, 4.69) is 36.0 Å². The molecule has 1 atom stereocenters. The number of nitrogens with zero attached hydrogens (tertiary/aromatic N) is 2. The van der Waals surface area contributed by atoms with Crippen LogP contribution in [0, 0.1) is 13.8 Å². The Bertz CT molecular complexity index is 618. The van der Waals surface area contributed by atoms with E-state index in [9.17, 15) is 0 Å². The number of aromatic nitrogens is 2. The molecule has 106 valence electrons. The SMILES string of the molecule is CCOc1ccccc1C1CCNc2c(C)c(C)nn21. The third-order valence-electron chi connectivity index (χ3n) is 3.97. The van der Waals surface area contributed by atoms with Crippen LogP contribution in [0.3, 0.4) is 0 Å². The summed E-state index contributed by atoms with van der Waals surface area (Å²) in [5.74, 6) is 2.11. The van der Waals surface area contributed by atoms with Gasteiger partial charge in [-0.3, -0.25) is 0 Å². The maximum atomic E-state index is 5.78. The van der Waals surface area contributed by atoms with Crippen molar-refractivity contribution < 1.29 is 4.74 Å². The summed E-state index contributed by atoms with van der Waals surface area (Å²) in [5.41, 5.74) is 3.55. The zero-order valence-corrected chi connectivity index (χ0v) is 12.3. The van der Waals surface area contributed by atoms with E-state index in [1.807, 2.05) is 19.1 Å². The fourth-order valence-corrected chi connectivity index (χ4v) is 2.85. The van der Waals surface area contributed by atoms with E-state index in [4.69, 9.17) is 9.84 Å². The predicted octanol–water partition coefficient (Wildman–Crippen LogP) is 3.30. The van der Waals surface area contributed by atoms with E-state index in [1.165, 1.54) is 11.1 Å². The zero-order chi connectivity index (χ0) is 14.1. The highest BCUT2D eigenvalue weighted by Gasteiger charge is 2.26. The van der Waals surface area contributed by atoms with Crippen molar-refractivity contribution >= 4 is 5.82 Å². The third kappa shape index (κ3) is 2.05. The molecule has 0 bridgehead atoms. The van der Waals surface area contributed by atoms with E-state index >= 15 is 0 Å². The lowest BCUT2D eigenvalue weighted by Gasteiger charge is -2.27. The first-order valence-electron chi connectivity index (χ1n) is 7.23. The molecule has 4 nitrogen and oxygen atoms in total. The van der Waals surface area contributed by atoms with Crippen LogP contribution in [-0.2, 0) is 0 Å². The molecule has 0 aliphatic carbocycles. The summed E-state index contributed by atoms with van der Waals surface area (Å²) < 4.78 is 7.90. The second-order valence-corrected chi connectivity index (χ2v) is 5.21. The molecule has 1 aliphatic rings. The van der Waals surface area contributed by atoms with Gasteiger partial charge in [0.25, 0.3) is 0 Å². The smallest absolute Gasteiger partial charge is 0.128 e. The number of aryl methyl sites for hydroxylation is 1. The Labute approximate surface area is 119 Å². The topological polar surface area (TPSA) is 39.1 Å². The second kappa shape index (κ2) is 5.19.